The Labute approximate surface area is 276 Å². The van der Waals surface area contributed by atoms with Gasteiger partial charge < -0.3 is 48.9 Å². The maximum absolute atomic E-state index is 12.6. The Morgan fingerprint density at radius 3 is 2.07 bits per heavy atom. The molecule has 243 valence electrons. The van der Waals surface area contributed by atoms with E-state index >= 15 is 0 Å². The Hall–Kier alpha value is -1.75. The van der Waals surface area contributed by atoms with Gasteiger partial charge in [-0.1, -0.05) is 0 Å². The first kappa shape index (κ1) is 39.3. The maximum atomic E-state index is 12.6. The van der Waals surface area contributed by atoms with Gasteiger partial charge in [-0.15, -0.1) is 0 Å². The number of nitrogens with one attached hydrogen (secondary N) is 2. The maximum Gasteiger partial charge on any atom is 0.303 e. The smallest absolute Gasteiger partial charge is 0.303 e. The van der Waals surface area contributed by atoms with Crippen LogP contribution in [0, 0.1) is 5.92 Å². The summed E-state index contributed by atoms with van der Waals surface area (Å²) in [5.41, 5.74) is 0. The van der Waals surface area contributed by atoms with E-state index in [1.54, 1.807) is 7.11 Å². The largest absolute Gasteiger partial charge is 0.463 e. The van der Waals surface area contributed by atoms with Gasteiger partial charge in [-0.3, -0.25) is 24.0 Å². The minimum absolute atomic E-state index is 0. The van der Waals surface area contributed by atoms with Crippen LogP contribution in [0.5, 0.6) is 0 Å². The Morgan fingerprint density at radius 2 is 1.51 bits per heavy atom. The van der Waals surface area contributed by atoms with Crippen LogP contribution in [-0.2, 0) is 89.8 Å². The number of esters is 3. The van der Waals surface area contributed by atoms with Crippen molar-refractivity contribution in [3.8, 4) is 0 Å². The number of hydrogen-bond acceptors (Lipinski definition) is 13. The van der Waals surface area contributed by atoms with E-state index < -0.39 is 66.7 Å². The number of carbonyl (C=O) groups excluding carboxylic acids is 5. The number of aliphatic hydroxyl groups is 1. The molecule has 3 N–H and O–H groups in total. The van der Waals surface area contributed by atoms with Gasteiger partial charge in [0.25, 0.3) is 0 Å². The van der Waals surface area contributed by atoms with Crippen LogP contribution in [0.3, 0.4) is 0 Å². The third-order valence-corrected chi connectivity index (χ3v) is 6.92. The van der Waals surface area contributed by atoms with Crippen LogP contribution >= 0.6 is 0 Å². The molecule has 0 aromatic rings. The van der Waals surface area contributed by atoms with E-state index in [4.69, 9.17) is 33.2 Å². The summed E-state index contributed by atoms with van der Waals surface area (Å²) in [6.45, 7) is 4.88. The third-order valence-electron chi connectivity index (χ3n) is 6.92. The SMILES string of the molecule is COC[C@H]1C[C@H](NC(=O)CCCCO[C@@H]2O[C@H](COC(C)=O)[C@H](OC(C)=O)[C@H](OC(C)=O)[C@H]2NC(C)=O)[C@@H](OC)C1O.[Y]. The summed E-state index contributed by atoms with van der Waals surface area (Å²) < 4.78 is 38.2. The van der Waals surface area contributed by atoms with Crippen molar-refractivity contribution in [2.75, 3.05) is 34.0 Å². The number of ether oxygens (including phenoxy) is 7. The minimum atomic E-state index is -1.21. The molecule has 0 aromatic heterocycles. The summed E-state index contributed by atoms with van der Waals surface area (Å²) in [6.07, 6.45) is -4.36. The Balaban J connectivity index is 0.00000924. The molecule has 15 nitrogen and oxygen atoms in total. The fraction of sp³-hybridized carbons (Fsp3) is 0.815. The van der Waals surface area contributed by atoms with Crippen molar-refractivity contribution in [1.29, 1.82) is 0 Å². The van der Waals surface area contributed by atoms with E-state index in [1.807, 2.05) is 0 Å². The molecule has 43 heavy (non-hydrogen) atoms. The molecule has 1 aliphatic heterocycles. The molecule has 9 atom stereocenters. The standard InChI is InChI=1S/C27H44N2O13.Y/c1-14(30)28-22-26(41-17(4)33)25(40-16(3)32)20(13-39-15(2)31)42-27(22)38-10-8-7-9-21(34)29-19-11-18(12-36-5)23(35)24(19)37-6;/h18-20,22-27,35H,7-13H2,1-6H3,(H,28,30)(H,29,34);/t18-,19+,20-,22-,23?,24-,25+,26-,27-;/m1./s1. The van der Waals surface area contributed by atoms with E-state index in [9.17, 15) is 29.1 Å². The van der Waals surface area contributed by atoms with Crippen LogP contribution in [0.15, 0.2) is 0 Å². The molecule has 2 amide bonds. The van der Waals surface area contributed by atoms with Crippen molar-refractivity contribution in [1.82, 2.24) is 10.6 Å². The third kappa shape index (κ3) is 12.6. The Kier molecular flexibility index (Phi) is 17.9. The first-order valence-corrected chi connectivity index (χ1v) is 13.9. The van der Waals surface area contributed by atoms with Gasteiger partial charge >= 0.3 is 17.9 Å². The van der Waals surface area contributed by atoms with E-state index in [2.05, 4.69) is 10.6 Å². The Bertz CT molecular complexity index is 939. The number of unbranched alkanes of at least 4 members (excludes halogenated alkanes) is 1. The number of hydrogen-bond donors (Lipinski definition) is 3. The predicted molar refractivity (Wildman–Crippen MR) is 143 cm³/mol. The summed E-state index contributed by atoms with van der Waals surface area (Å²) >= 11 is 0. The zero-order valence-electron chi connectivity index (χ0n) is 25.6. The van der Waals surface area contributed by atoms with Crippen LogP contribution in [0.1, 0.15) is 53.4 Å². The molecule has 1 heterocycles. The van der Waals surface area contributed by atoms with Crippen LogP contribution < -0.4 is 10.6 Å². The monoisotopic (exact) mass is 693 g/mol. The van der Waals surface area contributed by atoms with E-state index in [1.165, 1.54) is 21.0 Å². The molecular weight excluding hydrogens is 649 g/mol. The van der Waals surface area contributed by atoms with Gasteiger partial charge in [0.2, 0.25) is 11.8 Å². The summed E-state index contributed by atoms with van der Waals surface area (Å²) in [5.74, 6) is -2.85. The quantitative estimate of drug-likeness (QED) is 0.111. The second kappa shape index (κ2) is 19.6. The Morgan fingerprint density at radius 1 is 0.860 bits per heavy atom. The predicted octanol–water partition coefficient (Wildman–Crippen LogP) is -0.646. The van der Waals surface area contributed by atoms with Gasteiger partial charge in [0.15, 0.2) is 18.5 Å². The zero-order chi connectivity index (χ0) is 31.4. The molecular formula is C27H44N2O13Y. The molecule has 2 rings (SSSR count). The van der Waals surface area contributed by atoms with E-state index in [0.29, 0.717) is 25.9 Å². The molecule has 1 radical (unpaired) electrons. The fourth-order valence-corrected chi connectivity index (χ4v) is 5.23. The van der Waals surface area contributed by atoms with Gasteiger partial charge in [0.1, 0.15) is 24.9 Å². The van der Waals surface area contributed by atoms with Gasteiger partial charge in [-0.25, -0.2) is 0 Å². The van der Waals surface area contributed by atoms with Crippen molar-refractivity contribution in [2.45, 2.75) is 102 Å². The van der Waals surface area contributed by atoms with Crippen LogP contribution in [-0.4, -0.2) is 118 Å². The van der Waals surface area contributed by atoms with Gasteiger partial charge in [-0.2, -0.15) is 0 Å². The number of methoxy groups -OCH3 is 2. The molecule has 2 aliphatic rings. The second-order valence-corrected chi connectivity index (χ2v) is 10.4. The fourth-order valence-electron chi connectivity index (χ4n) is 5.23. The van der Waals surface area contributed by atoms with Crippen molar-refractivity contribution >= 4 is 29.7 Å². The van der Waals surface area contributed by atoms with Crippen molar-refractivity contribution in [2.24, 2.45) is 5.92 Å². The summed E-state index contributed by atoms with van der Waals surface area (Å²) in [5, 5.41) is 16.0. The number of rotatable bonds is 15. The average Bonchev–Trinajstić information content (AvgIpc) is 3.18. The molecule has 1 unspecified atom stereocenters. The second-order valence-electron chi connectivity index (χ2n) is 10.4. The molecule has 2 fully saturated rings. The topological polar surface area (TPSA) is 194 Å². The minimum Gasteiger partial charge on any atom is -0.463 e. The summed E-state index contributed by atoms with van der Waals surface area (Å²) in [6, 6.07) is -1.41. The summed E-state index contributed by atoms with van der Waals surface area (Å²) in [7, 11) is 3.03. The number of amides is 2. The van der Waals surface area contributed by atoms with E-state index in [0.717, 1.165) is 13.8 Å². The first-order valence-electron chi connectivity index (χ1n) is 13.9. The van der Waals surface area contributed by atoms with Crippen molar-refractivity contribution in [3.05, 3.63) is 0 Å². The van der Waals surface area contributed by atoms with E-state index in [-0.39, 0.29) is 70.2 Å². The van der Waals surface area contributed by atoms with Crippen molar-refractivity contribution < 1.29 is 94.9 Å². The van der Waals surface area contributed by atoms with Crippen molar-refractivity contribution in [3.63, 3.8) is 0 Å². The summed E-state index contributed by atoms with van der Waals surface area (Å²) in [4.78, 5) is 59.8. The molecule has 0 bridgehead atoms. The zero-order valence-corrected chi connectivity index (χ0v) is 28.4. The van der Waals surface area contributed by atoms with Gasteiger partial charge in [0.05, 0.1) is 18.8 Å². The van der Waals surface area contributed by atoms with Crippen LogP contribution in [0.4, 0.5) is 0 Å². The average molecular weight is 694 g/mol. The first-order chi connectivity index (χ1) is 19.9. The van der Waals surface area contributed by atoms with Crippen LogP contribution in [0.25, 0.3) is 0 Å². The number of aliphatic hydroxyl groups excluding tert-OH is 1. The molecule has 1 saturated carbocycles. The van der Waals surface area contributed by atoms with Gasteiger partial charge in [-0.05, 0) is 19.3 Å². The molecule has 0 aromatic carbocycles. The van der Waals surface area contributed by atoms with Gasteiger partial charge in [0, 0.05) is 93.6 Å². The molecule has 1 aliphatic carbocycles. The molecule has 1 saturated heterocycles. The molecule has 16 heteroatoms. The molecule has 0 spiro atoms. The number of carbonyl (C=O) groups is 5. The normalized spacial score (nSPS) is 30.0. The van der Waals surface area contributed by atoms with Crippen LogP contribution in [0.2, 0.25) is 0 Å².